The summed E-state index contributed by atoms with van der Waals surface area (Å²) < 4.78 is 45.1. The van der Waals surface area contributed by atoms with Crippen molar-refractivity contribution in [2.45, 2.75) is 25.9 Å². The van der Waals surface area contributed by atoms with Crippen LogP contribution in [0.15, 0.2) is 48.5 Å². The van der Waals surface area contributed by atoms with Crippen LogP contribution in [0.2, 0.25) is 0 Å². The van der Waals surface area contributed by atoms with Crippen LogP contribution in [0.25, 0.3) is 0 Å². The standard InChI is InChI=1S/C19H19F3N2O3/c1-13(25)23-14-9-10-17(16(12-14)19(20,21)22)24-18(26)8-5-11-27-15-6-3-2-4-7-15/h2-4,6-7,9-10,12H,5,8,11H2,1H3,(H,23,25)(H,24,26). The topological polar surface area (TPSA) is 67.4 Å². The fraction of sp³-hybridized carbons (Fsp3) is 0.263. The van der Waals surface area contributed by atoms with Crippen LogP contribution in [0.1, 0.15) is 25.3 Å². The summed E-state index contributed by atoms with van der Waals surface area (Å²) in [5.41, 5.74) is -1.38. The Kier molecular flexibility index (Phi) is 6.81. The molecule has 0 heterocycles. The lowest BCUT2D eigenvalue weighted by atomic mass is 10.1. The van der Waals surface area contributed by atoms with Gasteiger partial charge in [0.2, 0.25) is 11.8 Å². The van der Waals surface area contributed by atoms with Gasteiger partial charge < -0.3 is 15.4 Å². The zero-order chi connectivity index (χ0) is 19.9. The first-order valence-corrected chi connectivity index (χ1v) is 8.22. The van der Waals surface area contributed by atoms with Gasteiger partial charge in [0.1, 0.15) is 5.75 Å². The average molecular weight is 380 g/mol. The Bertz CT molecular complexity index is 793. The fourth-order valence-electron chi connectivity index (χ4n) is 2.32. The van der Waals surface area contributed by atoms with E-state index >= 15 is 0 Å². The Morgan fingerprint density at radius 2 is 1.74 bits per heavy atom. The molecule has 0 saturated heterocycles. The summed E-state index contributed by atoms with van der Waals surface area (Å²) in [5, 5.41) is 4.56. The number of halogens is 3. The van der Waals surface area contributed by atoms with Gasteiger partial charge in [-0.2, -0.15) is 13.2 Å². The largest absolute Gasteiger partial charge is 0.494 e. The Balaban J connectivity index is 1.94. The van der Waals surface area contributed by atoms with E-state index in [-0.39, 0.29) is 24.4 Å². The van der Waals surface area contributed by atoms with E-state index < -0.39 is 23.6 Å². The van der Waals surface area contributed by atoms with Crippen LogP contribution in [0.3, 0.4) is 0 Å². The van der Waals surface area contributed by atoms with Crippen LogP contribution in [-0.4, -0.2) is 18.4 Å². The second-order valence-electron chi connectivity index (χ2n) is 5.75. The van der Waals surface area contributed by atoms with Crippen molar-refractivity contribution in [3.8, 4) is 5.75 Å². The van der Waals surface area contributed by atoms with E-state index in [1.807, 2.05) is 18.2 Å². The maximum absolute atomic E-state index is 13.2. The first kappa shape index (κ1) is 20.3. The minimum absolute atomic E-state index is 0.00378. The predicted molar refractivity (Wildman–Crippen MR) is 95.5 cm³/mol. The highest BCUT2D eigenvalue weighted by Crippen LogP contribution is 2.36. The number of rotatable bonds is 7. The van der Waals surface area contributed by atoms with Crippen LogP contribution in [0.4, 0.5) is 24.5 Å². The van der Waals surface area contributed by atoms with Crippen molar-refractivity contribution in [1.29, 1.82) is 0 Å². The molecule has 2 amide bonds. The molecular formula is C19H19F3N2O3. The summed E-state index contributed by atoms with van der Waals surface area (Å²) in [6.45, 7) is 1.46. The zero-order valence-electron chi connectivity index (χ0n) is 14.6. The number of carbonyl (C=O) groups excluding carboxylic acids is 2. The van der Waals surface area contributed by atoms with Gasteiger partial charge in [-0.15, -0.1) is 0 Å². The van der Waals surface area contributed by atoms with Crippen molar-refractivity contribution in [1.82, 2.24) is 0 Å². The van der Waals surface area contributed by atoms with Gasteiger partial charge in [0, 0.05) is 19.0 Å². The van der Waals surface area contributed by atoms with E-state index in [2.05, 4.69) is 10.6 Å². The Morgan fingerprint density at radius 3 is 2.37 bits per heavy atom. The number of amides is 2. The first-order valence-electron chi connectivity index (χ1n) is 8.22. The fourth-order valence-corrected chi connectivity index (χ4v) is 2.32. The maximum atomic E-state index is 13.2. The summed E-state index contributed by atoms with van der Waals surface area (Å²) >= 11 is 0. The molecule has 2 aromatic carbocycles. The quantitative estimate of drug-likeness (QED) is 0.697. The third-order valence-corrected chi connectivity index (χ3v) is 3.48. The molecule has 0 unspecified atom stereocenters. The van der Waals surface area contributed by atoms with Gasteiger partial charge in [-0.05, 0) is 36.8 Å². The van der Waals surface area contributed by atoms with E-state index in [0.29, 0.717) is 12.2 Å². The second-order valence-corrected chi connectivity index (χ2v) is 5.75. The van der Waals surface area contributed by atoms with Crippen LogP contribution in [0.5, 0.6) is 5.75 Å². The summed E-state index contributed by atoms with van der Waals surface area (Å²) in [4.78, 5) is 23.0. The van der Waals surface area contributed by atoms with Crippen molar-refractivity contribution in [3.63, 3.8) is 0 Å². The lowest BCUT2D eigenvalue weighted by molar-refractivity contribution is -0.137. The molecule has 0 radical (unpaired) electrons. The number of nitrogens with one attached hydrogen (secondary N) is 2. The monoisotopic (exact) mass is 380 g/mol. The van der Waals surface area contributed by atoms with Gasteiger partial charge in [-0.25, -0.2) is 0 Å². The van der Waals surface area contributed by atoms with Gasteiger partial charge in [0.15, 0.2) is 0 Å². The molecule has 144 valence electrons. The van der Waals surface area contributed by atoms with Gasteiger partial charge in [0.05, 0.1) is 17.9 Å². The SMILES string of the molecule is CC(=O)Nc1ccc(NC(=O)CCCOc2ccccc2)c(C(F)(F)F)c1. The molecular weight excluding hydrogens is 361 g/mol. The molecule has 0 saturated carbocycles. The van der Waals surface area contributed by atoms with Gasteiger partial charge in [0.25, 0.3) is 0 Å². The molecule has 0 spiro atoms. The molecule has 2 rings (SSSR count). The number of ether oxygens (including phenoxy) is 1. The van der Waals surface area contributed by atoms with Crippen LogP contribution in [0, 0.1) is 0 Å². The molecule has 5 nitrogen and oxygen atoms in total. The highest BCUT2D eigenvalue weighted by molar-refractivity contribution is 5.93. The number of para-hydroxylation sites is 1. The Morgan fingerprint density at radius 1 is 1.04 bits per heavy atom. The second kappa shape index (κ2) is 9.07. The van der Waals surface area contributed by atoms with Crippen molar-refractivity contribution in [2.24, 2.45) is 0 Å². The molecule has 8 heteroatoms. The number of hydrogen-bond acceptors (Lipinski definition) is 3. The number of carbonyl (C=O) groups is 2. The third kappa shape index (κ3) is 6.65. The summed E-state index contributed by atoms with van der Waals surface area (Å²) in [6, 6.07) is 12.2. The van der Waals surface area contributed by atoms with Crippen molar-refractivity contribution in [3.05, 3.63) is 54.1 Å². The minimum Gasteiger partial charge on any atom is -0.494 e. The lowest BCUT2D eigenvalue weighted by Gasteiger charge is -2.15. The average Bonchev–Trinajstić information content (AvgIpc) is 2.59. The molecule has 0 aromatic heterocycles. The van der Waals surface area contributed by atoms with Gasteiger partial charge >= 0.3 is 6.18 Å². The number of hydrogen-bond donors (Lipinski definition) is 2. The van der Waals surface area contributed by atoms with Crippen LogP contribution in [-0.2, 0) is 15.8 Å². The Hall–Kier alpha value is -3.03. The van der Waals surface area contributed by atoms with E-state index in [9.17, 15) is 22.8 Å². The molecule has 0 aliphatic carbocycles. The summed E-state index contributed by atoms with van der Waals surface area (Å²) in [7, 11) is 0. The first-order chi connectivity index (χ1) is 12.8. The van der Waals surface area contributed by atoms with Crippen molar-refractivity contribution >= 4 is 23.2 Å². The third-order valence-electron chi connectivity index (χ3n) is 3.48. The lowest BCUT2D eigenvalue weighted by Crippen LogP contribution is -2.18. The van der Waals surface area contributed by atoms with Crippen LogP contribution >= 0.6 is 0 Å². The molecule has 0 aliphatic rings. The van der Waals surface area contributed by atoms with Crippen LogP contribution < -0.4 is 15.4 Å². The molecule has 0 atom stereocenters. The smallest absolute Gasteiger partial charge is 0.418 e. The molecule has 2 aromatic rings. The van der Waals surface area contributed by atoms with Gasteiger partial charge in [-0.1, -0.05) is 18.2 Å². The summed E-state index contributed by atoms with van der Waals surface area (Å²) in [6.07, 6.45) is -4.31. The maximum Gasteiger partial charge on any atom is 0.418 e. The molecule has 0 aliphatic heterocycles. The minimum atomic E-state index is -4.67. The van der Waals surface area contributed by atoms with Crippen molar-refractivity contribution < 1.29 is 27.5 Å². The van der Waals surface area contributed by atoms with E-state index in [1.54, 1.807) is 12.1 Å². The number of anilines is 2. The molecule has 0 fully saturated rings. The Labute approximate surface area is 154 Å². The highest BCUT2D eigenvalue weighted by Gasteiger charge is 2.34. The normalized spacial score (nSPS) is 11.0. The predicted octanol–water partition coefficient (Wildman–Crippen LogP) is 4.46. The van der Waals surface area contributed by atoms with Gasteiger partial charge in [-0.3, -0.25) is 9.59 Å². The number of alkyl halides is 3. The highest BCUT2D eigenvalue weighted by atomic mass is 19.4. The molecule has 27 heavy (non-hydrogen) atoms. The molecule has 2 N–H and O–H groups in total. The van der Waals surface area contributed by atoms with E-state index in [0.717, 1.165) is 12.1 Å². The van der Waals surface area contributed by atoms with E-state index in [4.69, 9.17) is 4.74 Å². The molecule has 0 bridgehead atoms. The number of benzene rings is 2. The van der Waals surface area contributed by atoms with E-state index in [1.165, 1.54) is 13.0 Å². The van der Waals surface area contributed by atoms with Crippen molar-refractivity contribution in [2.75, 3.05) is 17.2 Å². The zero-order valence-corrected chi connectivity index (χ0v) is 14.6. The summed E-state index contributed by atoms with van der Waals surface area (Å²) in [5.74, 6) is -0.381.